The first-order chi connectivity index (χ1) is 11.4. The largest absolute Gasteiger partial charge is 0.383 e. The quantitative estimate of drug-likeness (QED) is 0.750. The molecular formula is C16H22N4O4. The van der Waals surface area contributed by atoms with Crippen molar-refractivity contribution in [2.75, 3.05) is 20.3 Å². The number of imidazole rings is 1. The Kier molecular flexibility index (Phi) is 5.40. The molecule has 0 spiro atoms. The number of fused-ring (bicyclic) bond motifs is 1. The van der Waals surface area contributed by atoms with E-state index >= 15 is 0 Å². The van der Waals surface area contributed by atoms with Crippen LogP contribution >= 0.6 is 0 Å². The fraction of sp³-hybridized carbons (Fsp3) is 0.438. The smallest absolute Gasteiger partial charge is 0.329 e. The number of amides is 2. The van der Waals surface area contributed by atoms with Crippen LogP contribution in [0.4, 0.5) is 0 Å². The second kappa shape index (κ2) is 7.31. The van der Waals surface area contributed by atoms with Crippen molar-refractivity contribution in [3.8, 4) is 0 Å². The average molecular weight is 334 g/mol. The van der Waals surface area contributed by atoms with Crippen molar-refractivity contribution in [3.05, 3.63) is 34.7 Å². The summed E-state index contributed by atoms with van der Waals surface area (Å²) < 4.78 is 7.86. The van der Waals surface area contributed by atoms with E-state index in [4.69, 9.17) is 10.5 Å². The number of hydrogen-bond acceptors (Lipinski definition) is 4. The van der Waals surface area contributed by atoms with Crippen LogP contribution in [0.2, 0.25) is 0 Å². The summed E-state index contributed by atoms with van der Waals surface area (Å²) in [6.45, 7) is 1.88. The zero-order chi connectivity index (χ0) is 17.9. The summed E-state index contributed by atoms with van der Waals surface area (Å²) in [7, 11) is 3.16. The van der Waals surface area contributed by atoms with E-state index in [0.29, 0.717) is 5.52 Å². The van der Waals surface area contributed by atoms with Crippen molar-refractivity contribution in [1.29, 1.82) is 0 Å². The van der Waals surface area contributed by atoms with Gasteiger partial charge in [-0.05, 0) is 19.1 Å². The number of nitrogens with zero attached hydrogens (tertiary/aromatic N) is 3. The van der Waals surface area contributed by atoms with E-state index in [1.807, 2.05) is 12.1 Å². The SMILES string of the molecule is COCCN(C(=O)Cn1c(=O)n(C)c2ccccc21)[C@@H](C)C(N)=O. The van der Waals surface area contributed by atoms with Gasteiger partial charge in [-0.25, -0.2) is 4.79 Å². The molecule has 0 aliphatic rings. The van der Waals surface area contributed by atoms with E-state index in [1.54, 1.807) is 26.1 Å². The molecule has 2 rings (SSSR count). The summed E-state index contributed by atoms with van der Waals surface area (Å²) in [5.41, 5.74) is 6.43. The van der Waals surface area contributed by atoms with Gasteiger partial charge in [0.25, 0.3) is 0 Å². The highest BCUT2D eigenvalue weighted by atomic mass is 16.5. The number of aryl methyl sites for hydroxylation is 1. The molecular weight excluding hydrogens is 312 g/mol. The number of methoxy groups -OCH3 is 1. The van der Waals surface area contributed by atoms with E-state index in [-0.39, 0.29) is 31.3 Å². The molecule has 0 unspecified atom stereocenters. The van der Waals surface area contributed by atoms with Crippen LogP contribution in [0.15, 0.2) is 29.1 Å². The Balaban J connectivity index is 2.34. The molecule has 1 atom stereocenters. The second-order valence-electron chi connectivity index (χ2n) is 5.57. The summed E-state index contributed by atoms with van der Waals surface area (Å²) >= 11 is 0. The summed E-state index contributed by atoms with van der Waals surface area (Å²) in [5, 5.41) is 0. The Morgan fingerprint density at radius 2 is 1.92 bits per heavy atom. The van der Waals surface area contributed by atoms with E-state index in [2.05, 4.69) is 0 Å². The van der Waals surface area contributed by atoms with E-state index in [1.165, 1.54) is 21.1 Å². The molecule has 0 bridgehead atoms. The Bertz CT molecular complexity index is 808. The van der Waals surface area contributed by atoms with Crippen molar-refractivity contribution >= 4 is 22.8 Å². The molecule has 24 heavy (non-hydrogen) atoms. The third kappa shape index (κ3) is 3.33. The Morgan fingerprint density at radius 1 is 1.29 bits per heavy atom. The third-order valence-electron chi connectivity index (χ3n) is 4.08. The number of ether oxygens (including phenoxy) is 1. The van der Waals surface area contributed by atoms with Gasteiger partial charge in [0.05, 0.1) is 17.6 Å². The molecule has 2 amide bonds. The fourth-order valence-electron chi connectivity index (χ4n) is 2.62. The molecule has 0 fully saturated rings. The normalized spacial score (nSPS) is 12.3. The Labute approximate surface area is 139 Å². The number of aromatic nitrogens is 2. The minimum atomic E-state index is -0.779. The Hall–Kier alpha value is -2.61. The number of carbonyl (C=O) groups excluding carboxylic acids is 2. The highest BCUT2D eigenvalue weighted by Gasteiger charge is 2.25. The number of hydrogen-bond donors (Lipinski definition) is 1. The van der Waals surface area contributed by atoms with Gasteiger partial charge in [0.15, 0.2) is 0 Å². The van der Waals surface area contributed by atoms with Crippen LogP contribution in [0.25, 0.3) is 11.0 Å². The second-order valence-corrected chi connectivity index (χ2v) is 5.57. The number of rotatable bonds is 7. The van der Waals surface area contributed by atoms with Crippen LogP contribution in [0.1, 0.15) is 6.92 Å². The molecule has 1 aromatic carbocycles. The van der Waals surface area contributed by atoms with E-state index in [9.17, 15) is 14.4 Å². The standard InChI is InChI=1S/C16H22N4O4/c1-11(15(17)22)19(8-9-24-3)14(21)10-20-13-7-5-4-6-12(13)18(2)16(20)23/h4-7,11H,8-10H2,1-3H3,(H2,17,22)/t11-/m0/s1. The monoisotopic (exact) mass is 334 g/mol. The first kappa shape index (κ1) is 17.7. The molecule has 1 aromatic heterocycles. The number of para-hydroxylation sites is 2. The van der Waals surface area contributed by atoms with Crippen molar-refractivity contribution < 1.29 is 14.3 Å². The maximum Gasteiger partial charge on any atom is 0.329 e. The predicted molar refractivity (Wildman–Crippen MR) is 89.4 cm³/mol. The van der Waals surface area contributed by atoms with E-state index in [0.717, 1.165) is 5.52 Å². The van der Waals surface area contributed by atoms with E-state index < -0.39 is 11.9 Å². The van der Waals surface area contributed by atoms with Crippen LogP contribution in [0.3, 0.4) is 0 Å². The molecule has 0 saturated carbocycles. The van der Waals surface area contributed by atoms with Crippen molar-refractivity contribution in [2.45, 2.75) is 19.5 Å². The van der Waals surface area contributed by atoms with Gasteiger partial charge >= 0.3 is 5.69 Å². The highest BCUT2D eigenvalue weighted by Crippen LogP contribution is 2.12. The molecule has 1 heterocycles. The predicted octanol–water partition coefficient (Wildman–Crippen LogP) is -0.311. The third-order valence-corrected chi connectivity index (χ3v) is 4.08. The van der Waals surface area contributed by atoms with Gasteiger partial charge in [0.1, 0.15) is 12.6 Å². The molecule has 2 aromatic rings. The van der Waals surface area contributed by atoms with Crippen LogP contribution in [-0.4, -0.2) is 52.2 Å². The lowest BCUT2D eigenvalue weighted by Crippen LogP contribution is -2.49. The lowest BCUT2D eigenvalue weighted by molar-refractivity contribution is -0.139. The minimum Gasteiger partial charge on any atom is -0.383 e. The van der Waals surface area contributed by atoms with Gasteiger partial charge in [0.2, 0.25) is 11.8 Å². The van der Waals surface area contributed by atoms with Crippen LogP contribution in [0.5, 0.6) is 0 Å². The molecule has 0 aliphatic heterocycles. The van der Waals surface area contributed by atoms with Crippen molar-refractivity contribution in [3.63, 3.8) is 0 Å². The molecule has 0 radical (unpaired) electrons. The van der Waals surface area contributed by atoms with Gasteiger partial charge in [-0.15, -0.1) is 0 Å². The first-order valence-electron chi connectivity index (χ1n) is 7.60. The first-order valence-corrected chi connectivity index (χ1v) is 7.60. The summed E-state index contributed by atoms with van der Waals surface area (Å²) in [6, 6.07) is 6.44. The average Bonchev–Trinajstić information content (AvgIpc) is 2.80. The topological polar surface area (TPSA) is 99.6 Å². The minimum absolute atomic E-state index is 0.165. The molecule has 130 valence electrons. The number of benzene rings is 1. The zero-order valence-corrected chi connectivity index (χ0v) is 14.1. The molecule has 2 N–H and O–H groups in total. The fourth-order valence-corrected chi connectivity index (χ4v) is 2.62. The number of carbonyl (C=O) groups is 2. The lowest BCUT2D eigenvalue weighted by atomic mass is 10.2. The van der Waals surface area contributed by atoms with Crippen molar-refractivity contribution in [2.24, 2.45) is 12.8 Å². The van der Waals surface area contributed by atoms with Gasteiger partial charge < -0.3 is 15.4 Å². The number of primary amides is 1. The highest BCUT2D eigenvalue weighted by molar-refractivity contribution is 5.87. The van der Waals surface area contributed by atoms with Crippen LogP contribution < -0.4 is 11.4 Å². The van der Waals surface area contributed by atoms with Crippen LogP contribution in [-0.2, 0) is 27.9 Å². The molecule has 0 aliphatic carbocycles. The van der Waals surface area contributed by atoms with Gasteiger partial charge in [0, 0.05) is 20.7 Å². The lowest BCUT2D eigenvalue weighted by Gasteiger charge is -2.27. The summed E-state index contributed by atoms with van der Waals surface area (Å²) in [4.78, 5) is 37.9. The van der Waals surface area contributed by atoms with Gasteiger partial charge in [-0.1, -0.05) is 12.1 Å². The molecule has 0 saturated heterocycles. The maximum atomic E-state index is 12.7. The van der Waals surface area contributed by atoms with Crippen LogP contribution in [0, 0.1) is 0 Å². The van der Waals surface area contributed by atoms with Gasteiger partial charge in [-0.2, -0.15) is 0 Å². The van der Waals surface area contributed by atoms with Gasteiger partial charge in [-0.3, -0.25) is 18.7 Å². The van der Waals surface area contributed by atoms with Crippen molar-refractivity contribution in [1.82, 2.24) is 14.0 Å². The molecule has 8 nitrogen and oxygen atoms in total. The number of nitrogens with two attached hydrogens (primary N) is 1. The zero-order valence-electron chi connectivity index (χ0n) is 14.1. The summed E-state index contributed by atoms with van der Waals surface area (Å²) in [6.07, 6.45) is 0. The Morgan fingerprint density at radius 3 is 2.50 bits per heavy atom. The summed E-state index contributed by atoms with van der Waals surface area (Å²) in [5.74, 6) is -0.971. The molecule has 8 heteroatoms. The maximum absolute atomic E-state index is 12.7.